The summed E-state index contributed by atoms with van der Waals surface area (Å²) in [4.78, 5) is 29.3. The molecule has 2 heterocycles. The molecule has 2 aromatic rings. The number of benzene rings is 2. The number of halogens is 4. The molecule has 37 heavy (non-hydrogen) atoms. The second-order valence-corrected chi connectivity index (χ2v) is 9.63. The molecular weight excluding hydrogens is 494 g/mol. The minimum atomic E-state index is -5.16. The third-order valence-electron chi connectivity index (χ3n) is 6.94. The van der Waals surface area contributed by atoms with Gasteiger partial charge in [0.1, 0.15) is 17.7 Å². The molecule has 2 fully saturated rings. The number of hydrogen-bond donors (Lipinski definition) is 1. The van der Waals surface area contributed by atoms with Crippen LogP contribution in [0, 0.1) is 5.82 Å². The first kappa shape index (κ1) is 26.9. The highest BCUT2D eigenvalue weighted by Gasteiger charge is 2.62. The van der Waals surface area contributed by atoms with Crippen LogP contribution in [0.3, 0.4) is 0 Å². The second kappa shape index (κ2) is 10.3. The van der Waals surface area contributed by atoms with Crippen LogP contribution in [0.15, 0.2) is 48.5 Å². The summed E-state index contributed by atoms with van der Waals surface area (Å²) in [5.41, 5.74) is -4.15. The van der Waals surface area contributed by atoms with Crippen LogP contribution < -0.4 is 4.74 Å². The maximum atomic E-state index is 14.3. The van der Waals surface area contributed by atoms with Gasteiger partial charge in [0.05, 0.1) is 5.56 Å². The summed E-state index contributed by atoms with van der Waals surface area (Å²) in [7, 11) is 3.07. The van der Waals surface area contributed by atoms with Gasteiger partial charge >= 0.3 is 6.18 Å². The Labute approximate surface area is 212 Å². The number of amides is 2. The summed E-state index contributed by atoms with van der Waals surface area (Å²) in [6.07, 6.45) is -4.45. The Kier molecular flexibility index (Phi) is 7.48. The Morgan fingerprint density at radius 2 is 1.65 bits per heavy atom. The number of carbonyl (C=O) groups excluding carboxylic acids is 2. The van der Waals surface area contributed by atoms with E-state index in [9.17, 15) is 32.3 Å². The third-order valence-corrected chi connectivity index (χ3v) is 6.94. The van der Waals surface area contributed by atoms with Crippen molar-refractivity contribution in [3.05, 3.63) is 65.5 Å². The van der Waals surface area contributed by atoms with Gasteiger partial charge in [0.15, 0.2) is 0 Å². The largest absolute Gasteiger partial charge is 0.488 e. The minimum Gasteiger partial charge on any atom is -0.488 e. The lowest BCUT2D eigenvalue weighted by molar-refractivity contribution is -0.262. The van der Waals surface area contributed by atoms with E-state index >= 15 is 0 Å². The van der Waals surface area contributed by atoms with Crippen molar-refractivity contribution in [1.82, 2.24) is 14.7 Å². The predicted octanol–water partition coefficient (Wildman–Crippen LogP) is 3.03. The Bertz CT molecular complexity index is 1130. The number of carbonyl (C=O) groups is 2. The number of likely N-dealkylation sites (tertiary alicyclic amines) is 2. The number of hydrogen-bond acceptors (Lipinski definition) is 5. The highest BCUT2D eigenvalue weighted by molar-refractivity contribution is 5.94. The molecule has 1 atom stereocenters. The average molecular weight is 524 g/mol. The van der Waals surface area contributed by atoms with Crippen molar-refractivity contribution in [3.63, 3.8) is 0 Å². The van der Waals surface area contributed by atoms with Crippen LogP contribution in [0.4, 0.5) is 17.6 Å². The Morgan fingerprint density at radius 1 is 1.03 bits per heavy atom. The van der Waals surface area contributed by atoms with Crippen LogP contribution in [0.25, 0.3) is 0 Å². The van der Waals surface area contributed by atoms with E-state index in [1.807, 2.05) is 0 Å². The Morgan fingerprint density at radius 3 is 2.19 bits per heavy atom. The standard InChI is InChI=1S/C26H29F4N3O4/c1-31(2)23(34)21-9-8-19(14-22(21)27)37-20-15-33(16-20)18-10-12-32(13-11-18)24(35)25(36,26(28,29)30)17-6-4-3-5-7-17/h3-9,14,18,20,36H,10-13,15-16H2,1-2H3. The second-order valence-electron chi connectivity index (χ2n) is 9.63. The average Bonchev–Trinajstić information content (AvgIpc) is 2.84. The van der Waals surface area contributed by atoms with Crippen molar-refractivity contribution in [2.75, 3.05) is 40.3 Å². The van der Waals surface area contributed by atoms with E-state index < -0.39 is 35.0 Å². The molecule has 2 saturated heterocycles. The summed E-state index contributed by atoms with van der Waals surface area (Å²) in [6, 6.07) is 10.6. The molecule has 2 aliphatic heterocycles. The molecule has 2 aliphatic rings. The fraction of sp³-hybridized carbons (Fsp3) is 0.462. The summed E-state index contributed by atoms with van der Waals surface area (Å²) in [5.74, 6) is -2.17. The lowest BCUT2D eigenvalue weighted by atomic mass is 9.90. The molecule has 1 N–H and O–H groups in total. The monoisotopic (exact) mass is 523 g/mol. The van der Waals surface area contributed by atoms with Gasteiger partial charge in [-0.1, -0.05) is 30.3 Å². The molecular formula is C26H29F4N3O4. The highest BCUT2D eigenvalue weighted by Crippen LogP contribution is 2.41. The van der Waals surface area contributed by atoms with Gasteiger partial charge in [-0.2, -0.15) is 13.2 Å². The molecule has 11 heteroatoms. The number of alkyl halides is 3. The zero-order valence-corrected chi connectivity index (χ0v) is 20.5. The summed E-state index contributed by atoms with van der Waals surface area (Å²) < 4.78 is 61.7. The van der Waals surface area contributed by atoms with Crippen LogP contribution in [-0.2, 0) is 10.4 Å². The van der Waals surface area contributed by atoms with Crippen molar-refractivity contribution in [2.24, 2.45) is 0 Å². The molecule has 0 bridgehead atoms. The van der Waals surface area contributed by atoms with E-state index in [1.165, 1.54) is 49.3 Å². The van der Waals surface area contributed by atoms with Crippen LogP contribution in [0.5, 0.6) is 5.75 Å². The molecule has 1 unspecified atom stereocenters. The molecule has 7 nitrogen and oxygen atoms in total. The van der Waals surface area contributed by atoms with E-state index in [1.54, 1.807) is 6.07 Å². The van der Waals surface area contributed by atoms with Crippen molar-refractivity contribution >= 4 is 11.8 Å². The molecule has 0 spiro atoms. The molecule has 0 aromatic heterocycles. The summed E-state index contributed by atoms with van der Waals surface area (Å²) >= 11 is 0. The van der Waals surface area contributed by atoms with Crippen molar-refractivity contribution < 1.29 is 37.0 Å². The summed E-state index contributed by atoms with van der Waals surface area (Å²) in [6.45, 7) is 1.27. The SMILES string of the molecule is CN(C)C(=O)c1ccc(OC2CN(C3CCN(C(=O)C(O)(c4ccccc4)C(F)(F)F)CC3)C2)cc1F. The van der Waals surface area contributed by atoms with E-state index in [0.717, 1.165) is 17.0 Å². The fourth-order valence-corrected chi connectivity index (χ4v) is 4.77. The maximum Gasteiger partial charge on any atom is 0.430 e. The van der Waals surface area contributed by atoms with Crippen LogP contribution >= 0.6 is 0 Å². The third kappa shape index (κ3) is 5.28. The van der Waals surface area contributed by atoms with E-state index in [4.69, 9.17) is 4.74 Å². The first-order valence-electron chi connectivity index (χ1n) is 12.0. The van der Waals surface area contributed by atoms with Crippen LogP contribution in [0.2, 0.25) is 0 Å². The number of aliphatic hydroxyl groups is 1. The van der Waals surface area contributed by atoms with Gasteiger partial charge in [0.2, 0.25) is 0 Å². The van der Waals surface area contributed by atoms with E-state index in [-0.39, 0.29) is 30.8 Å². The molecule has 2 amide bonds. The number of nitrogens with zero attached hydrogens (tertiary/aromatic N) is 3. The zero-order chi connectivity index (χ0) is 27.0. The van der Waals surface area contributed by atoms with E-state index in [0.29, 0.717) is 31.7 Å². The van der Waals surface area contributed by atoms with Gasteiger partial charge in [-0.25, -0.2) is 4.39 Å². The first-order valence-corrected chi connectivity index (χ1v) is 12.0. The molecule has 4 rings (SSSR count). The summed E-state index contributed by atoms with van der Waals surface area (Å²) in [5, 5.41) is 10.6. The topological polar surface area (TPSA) is 73.3 Å². The lowest BCUT2D eigenvalue weighted by Crippen LogP contribution is -2.62. The van der Waals surface area contributed by atoms with Gasteiger partial charge < -0.3 is 19.6 Å². The van der Waals surface area contributed by atoms with Gasteiger partial charge in [0, 0.05) is 57.9 Å². The lowest BCUT2D eigenvalue weighted by Gasteiger charge is -2.47. The predicted molar refractivity (Wildman–Crippen MR) is 126 cm³/mol. The van der Waals surface area contributed by atoms with Gasteiger partial charge in [-0.05, 0) is 25.0 Å². The number of ether oxygens (including phenoxy) is 1. The van der Waals surface area contributed by atoms with Gasteiger partial charge in [-0.15, -0.1) is 0 Å². The quantitative estimate of drug-likeness (QED) is 0.590. The Balaban J connectivity index is 1.30. The molecule has 0 saturated carbocycles. The van der Waals surface area contributed by atoms with Crippen molar-refractivity contribution in [1.29, 1.82) is 0 Å². The smallest absolute Gasteiger partial charge is 0.430 e. The van der Waals surface area contributed by atoms with Crippen LogP contribution in [-0.4, -0.2) is 90.2 Å². The molecule has 0 aliphatic carbocycles. The first-order chi connectivity index (χ1) is 17.4. The number of piperidine rings is 1. The fourth-order valence-electron chi connectivity index (χ4n) is 4.77. The van der Waals surface area contributed by atoms with Crippen LogP contribution in [0.1, 0.15) is 28.8 Å². The molecule has 2 aromatic carbocycles. The zero-order valence-electron chi connectivity index (χ0n) is 20.5. The molecule has 0 radical (unpaired) electrons. The Hall–Kier alpha value is -3.18. The highest BCUT2D eigenvalue weighted by atomic mass is 19.4. The van der Waals surface area contributed by atoms with Gasteiger partial charge in [-0.3, -0.25) is 14.5 Å². The van der Waals surface area contributed by atoms with Crippen molar-refractivity contribution in [2.45, 2.75) is 36.8 Å². The maximum absolute atomic E-state index is 14.3. The number of rotatable bonds is 6. The normalized spacial score (nSPS) is 19.2. The van der Waals surface area contributed by atoms with E-state index in [2.05, 4.69) is 4.90 Å². The molecule has 200 valence electrons. The minimum absolute atomic E-state index is 0.0430. The van der Waals surface area contributed by atoms with Crippen molar-refractivity contribution in [3.8, 4) is 5.75 Å². The van der Waals surface area contributed by atoms with Gasteiger partial charge in [0.25, 0.3) is 17.4 Å².